The molecule has 0 aliphatic rings. The van der Waals surface area contributed by atoms with Crippen LogP contribution in [0.4, 0.5) is 0 Å². The van der Waals surface area contributed by atoms with Crippen LogP contribution >= 0.6 is 0 Å². The van der Waals surface area contributed by atoms with E-state index in [4.69, 9.17) is 4.42 Å². The molecule has 4 rings (SSSR count). The van der Waals surface area contributed by atoms with Crippen LogP contribution in [0, 0.1) is 0 Å². The molecule has 0 aliphatic carbocycles. The standard InChI is InChI=1S/C19H15N3O4/c1-20-15(23)11-21-16-13-9-5-6-10-14(13)26-17(16)18(24)22(19(21)25)12-7-3-2-4-8-12/h2-10H,11H2,1H3,(H,20,23). The van der Waals surface area contributed by atoms with E-state index in [1.54, 1.807) is 54.6 Å². The van der Waals surface area contributed by atoms with E-state index in [-0.39, 0.29) is 18.0 Å². The summed E-state index contributed by atoms with van der Waals surface area (Å²) in [6.07, 6.45) is 0. The lowest BCUT2D eigenvalue weighted by molar-refractivity contribution is -0.121. The van der Waals surface area contributed by atoms with Gasteiger partial charge in [0.05, 0.1) is 5.69 Å². The van der Waals surface area contributed by atoms with Gasteiger partial charge in [-0.25, -0.2) is 9.36 Å². The molecule has 7 heteroatoms. The Morgan fingerprint density at radius 3 is 2.46 bits per heavy atom. The van der Waals surface area contributed by atoms with Gasteiger partial charge in [-0.3, -0.25) is 14.2 Å². The van der Waals surface area contributed by atoms with Crippen LogP contribution in [0.25, 0.3) is 27.8 Å². The number of nitrogens with one attached hydrogen (secondary N) is 1. The number of likely N-dealkylation sites (N-methyl/N-ethyl adjacent to an activating group) is 1. The summed E-state index contributed by atoms with van der Waals surface area (Å²) in [7, 11) is 1.49. The molecule has 0 radical (unpaired) electrons. The maximum absolute atomic E-state index is 13.1. The molecular weight excluding hydrogens is 334 g/mol. The third-order valence-corrected chi connectivity index (χ3v) is 4.25. The van der Waals surface area contributed by atoms with E-state index in [1.807, 2.05) is 0 Å². The number of furan rings is 1. The van der Waals surface area contributed by atoms with E-state index < -0.39 is 11.2 Å². The van der Waals surface area contributed by atoms with Crippen molar-refractivity contribution in [3.63, 3.8) is 0 Å². The van der Waals surface area contributed by atoms with Crippen molar-refractivity contribution in [2.75, 3.05) is 7.05 Å². The van der Waals surface area contributed by atoms with Crippen LogP contribution in [0.3, 0.4) is 0 Å². The number of fused-ring (bicyclic) bond motifs is 3. The van der Waals surface area contributed by atoms with Gasteiger partial charge in [-0.05, 0) is 24.3 Å². The van der Waals surface area contributed by atoms with Gasteiger partial charge in [-0.2, -0.15) is 0 Å². The van der Waals surface area contributed by atoms with E-state index in [0.29, 0.717) is 22.2 Å². The summed E-state index contributed by atoms with van der Waals surface area (Å²) in [5, 5.41) is 3.11. The minimum atomic E-state index is -0.594. The second kappa shape index (κ2) is 6.03. The van der Waals surface area contributed by atoms with E-state index in [1.165, 1.54) is 11.6 Å². The van der Waals surface area contributed by atoms with Gasteiger partial charge < -0.3 is 9.73 Å². The number of para-hydroxylation sites is 2. The topological polar surface area (TPSA) is 86.2 Å². The first-order valence-electron chi connectivity index (χ1n) is 8.05. The van der Waals surface area contributed by atoms with E-state index in [9.17, 15) is 14.4 Å². The van der Waals surface area contributed by atoms with Crippen molar-refractivity contribution in [1.29, 1.82) is 0 Å². The average Bonchev–Trinajstić information content (AvgIpc) is 3.06. The van der Waals surface area contributed by atoms with Crippen LogP contribution in [0.1, 0.15) is 0 Å². The van der Waals surface area contributed by atoms with Crippen molar-refractivity contribution in [2.24, 2.45) is 0 Å². The molecular formula is C19H15N3O4. The normalized spacial score (nSPS) is 11.1. The number of hydrogen-bond acceptors (Lipinski definition) is 4. The van der Waals surface area contributed by atoms with Crippen molar-refractivity contribution in [2.45, 2.75) is 6.54 Å². The quantitative estimate of drug-likeness (QED) is 0.609. The summed E-state index contributed by atoms with van der Waals surface area (Å²) in [5.74, 6) is -0.350. The van der Waals surface area contributed by atoms with Gasteiger partial charge in [0.2, 0.25) is 11.5 Å². The van der Waals surface area contributed by atoms with Gasteiger partial charge in [0.25, 0.3) is 0 Å². The number of hydrogen-bond donors (Lipinski definition) is 1. The van der Waals surface area contributed by atoms with E-state index in [0.717, 1.165) is 4.57 Å². The van der Waals surface area contributed by atoms with Crippen molar-refractivity contribution in [3.8, 4) is 5.69 Å². The first-order valence-corrected chi connectivity index (χ1v) is 8.05. The van der Waals surface area contributed by atoms with Crippen LogP contribution in [0.2, 0.25) is 0 Å². The SMILES string of the molecule is CNC(=O)Cn1c(=O)n(-c2ccccc2)c(=O)c2oc3ccccc3c21. The Hall–Kier alpha value is -3.61. The van der Waals surface area contributed by atoms with Gasteiger partial charge in [0, 0.05) is 12.4 Å². The molecule has 7 nitrogen and oxygen atoms in total. The molecule has 2 aromatic carbocycles. The molecule has 2 aromatic heterocycles. The molecule has 0 atom stereocenters. The third-order valence-electron chi connectivity index (χ3n) is 4.25. The molecule has 130 valence electrons. The van der Waals surface area contributed by atoms with Gasteiger partial charge in [0.1, 0.15) is 17.6 Å². The number of nitrogens with zero attached hydrogens (tertiary/aromatic N) is 2. The van der Waals surface area contributed by atoms with E-state index >= 15 is 0 Å². The molecule has 2 heterocycles. The summed E-state index contributed by atoms with van der Waals surface area (Å²) in [4.78, 5) is 38.1. The lowest BCUT2D eigenvalue weighted by Crippen LogP contribution is -2.41. The number of carbonyl (C=O) groups excluding carboxylic acids is 1. The smallest absolute Gasteiger partial charge is 0.336 e. The Labute approximate surface area is 147 Å². The van der Waals surface area contributed by atoms with E-state index in [2.05, 4.69) is 5.32 Å². The predicted molar refractivity (Wildman–Crippen MR) is 97.6 cm³/mol. The predicted octanol–water partition coefficient (Wildman–Crippen LogP) is 1.64. The molecule has 26 heavy (non-hydrogen) atoms. The minimum absolute atomic E-state index is 0.0403. The fraction of sp³-hybridized carbons (Fsp3) is 0.105. The monoisotopic (exact) mass is 349 g/mol. The maximum Gasteiger partial charge on any atom is 0.336 e. The van der Waals surface area contributed by atoms with Crippen LogP contribution in [-0.2, 0) is 11.3 Å². The van der Waals surface area contributed by atoms with Crippen LogP contribution in [0.5, 0.6) is 0 Å². The summed E-state index contributed by atoms with van der Waals surface area (Å²) in [6, 6.07) is 15.6. The Kier molecular flexibility index (Phi) is 3.69. The first-order chi connectivity index (χ1) is 12.6. The van der Waals surface area contributed by atoms with Crippen molar-refractivity contribution in [1.82, 2.24) is 14.5 Å². The molecule has 4 aromatic rings. The zero-order valence-electron chi connectivity index (χ0n) is 13.9. The highest BCUT2D eigenvalue weighted by molar-refractivity contribution is 6.02. The average molecular weight is 349 g/mol. The maximum atomic E-state index is 13.1. The van der Waals surface area contributed by atoms with Gasteiger partial charge in [-0.15, -0.1) is 0 Å². The fourth-order valence-corrected chi connectivity index (χ4v) is 3.02. The summed E-state index contributed by atoms with van der Waals surface area (Å²) in [6.45, 7) is -0.220. The van der Waals surface area contributed by atoms with Gasteiger partial charge in [0.15, 0.2) is 0 Å². The van der Waals surface area contributed by atoms with Crippen molar-refractivity contribution < 1.29 is 9.21 Å². The number of rotatable bonds is 3. The fourth-order valence-electron chi connectivity index (χ4n) is 3.02. The Morgan fingerprint density at radius 2 is 1.73 bits per heavy atom. The highest BCUT2D eigenvalue weighted by Crippen LogP contribution is 2.25. The largest absolute Gasteiger partial charge is 0.449 e. The van der Waals surface area contributed by atoms with Crippen molar-refractivity contribution in [3.05, 3.63) is 75.4 Å². The Balaban J connectivity index is 2.18. The summed E-state index contributed by atoms with van der Waals surface area (Å²) in [5.41, 5.74) is 0.111. The number of aromatic nitrogens is 2. The molecule has 0 saturated carbocycles. The molecule has 0 unspecified atom stereocenters. The van der Waals surface area contributed by atoms with Crippen LogP contribution < -0.4 is 16.6 Å². The minimum Gasteiger partial charge on any atom is -0.449 e. The lowest BCUT2D eigenvalue weighted by Gasteiger charge is -2.11. The second-order valence-electron chi connectivity index (χ2n) is 5.79. The zero-order chi connectivity index (χ0) is 18.3. The number of carbonyl (C=O) groups is 1. The lowest BCUT2D eigenvalue weighted by atomic mass is 10.2. The second-order valence-corrected chi connectivity index (χ2v) is 5.79. The van der Waals surface area contributed by atoms with Gasteiger partial charge >= 0.3 is 11.2 Å². The molecule has 0 fully saturated rings. The molecule has 1 amide bonds. The third kappa shape index (κ3) is 2.33. The highest BCUT2D eigenvalue weighted by Gasteiger charge is 2.21. The number of amides is 1. The molecule has 1 N–H and O–H groups in total. The molecule has 0 saturated heterocycles. The van der Waals surface area contributed by atoms with Gasteiger partial charge in [-0.1, -0.05) is 30.3 Å². The Bertz CT molecular complexity index is 1250. The zero-order valence-corrected chi connectivity index (χ0v) is 13.9. The first kappa shape index (κ1) is 15.9. The Morgan fingerprint density at radius 1 is 1.04 bits per heavy atom. The highest BCUT2D eigenvalue weighted by atomic mass is 16.3. The number of benzene rings is 2. The molecule has 0 spiro atoms. The summed E-state index contributed by atoms with van der Waals surface area (Å²) >= 11 is 0. The summed E-state index contributed by atoms with van der Waals surface area (Å²) < 4.78 is 8.03. The van der Waals surface area contributed by atoms with Crippen LogP contribution in [-0.4, -0.2) is 22.1 Å². The van der Waals surface area contributed by atoms with Crippen molar-refractivity contribution >= 4 is 28.0 Å². The molecule has 0 bridgehead atoms. The molecule has 0 aliphatic heterocycles. The van der Waals surface area contributed by atoms with Crippen LogP contribution in [0.15, 0.2) is 68.6 Å².